The predicted octanol–water partition coefficient (Wildman–Crippen LogP) is 4.55. The fourth-order valence-electron chi connectivity index (χ4n) is 2.43. The van der Waals surface area contributed by atoms with Crippen molar-refractivity contribution in [2.45, 2.75) is 41.5 Å². The Morgan fingerprint density at radius 1 is 1.24 bits per heavy atom. The van der Waals surface area contributed by atoms with Crippen molar-refractivity contribution in [2.75, 3.05) is 6.26 Å². The van der Waals surface area contributed by atoms with E-state index in [0.717, 1.165) is 22.7 Å². The van der Waals surface area contributed by atoms with Crippen LogP contribution in [0, 0.1) is 5.92 Å². The Labute approximate surface area is 162 Å². The molecule has 8 heteroatoms. The number of aliphatic hydroxyl groups excluding tert-OH is 1. The van der Waals surface area contributed by atoms with Gasteiger partial charge in [-0.1, -0.05) is 44.0 Å². The second-order valence-corrected chi connectivity index (χ2v) is 10.3. The van der Waals surface area contributed by atoms with Crippen LogP contribution in [0.15, 0.2) is 45.5 Å². The average molecular weight is 420 g/mol. The summed E-state index contributed by atoms with van der Waals surface area (Å²) in [4.78, 5) is 1.09. The molecule has 2 N–H and O–H groups in total. The van der Waals surface area contributed by atoms with Crippen molar-refractivity contribution in [1.82, 2.24) is 4.72 Å². The topological polar surface area (TPSA) is 66.4 Å². The molecule has 1 heterocycles. The van der Waals surface area contributed by atoms with E-state index in [1.54, 1.807) is 17.8 Å². The third kappa shape index (κ3) is 5.21. The molecule has 1 aromatic carbocycles. The van der Waals surface area contributed by atoms with E-state index in [1.807, 2.05) is 44.4 Å². The Bertz CT molecular complexity index is 790. The molecule has 0 amide bonds. The van der Waals surface area contributed by atoms with E-state index >= 15 is 0 Å². The SMILES string of the molecule is CCC(C)[C@H](NS(=O)(=O)c1ccc(Cl)s1)C(O)c1ccc(SC)cc1. The maximum absolute atomic E-state index is 12.6. The van der Waals surface area contributed by atoms with Crippen LogP contribution in [0.2, 0.25) is 4.34 Å². The van der Waals surface area contributed by atoms with Crippen molar-refractivity contribution in [1.29, 1.82) is 0 Å². The van der Waals surface area contributed by atoms with Gasteiger partial charge in [0.05, 0.1) is 16.5 Å². The molecule has 0 aliphatic rings. The number of hydrogen-bond acceptors (Lipinski definition) is 5. The van der Waals surface area contributed by atoms with Gasteiger partial charge in [0.25, 0.3) is 0 Å². The summed E-state index contributed by atoms with van der Waals surface area (Å²) in [7, 11) is -3.74. The second-order valence-electron chi connectivity index (χ2n) is 5.81. The number of halogens is 1. The van der Waals surface area contributed by atoms with Crippen LogP contribution in [0.1, 0.15) is 31.9 Å². The van der Waals surface area contributed by atoms with E-state index in [0.29, 0.717) is 9.90 Å². The zero-order valence-electron chi connectivity index (χ0n) is 14.3. The molecular weight excluding hydrogens is 398 g/mol. The summed E-state index contributed by atoms with van der Waals surface area (Å²) in [5.74, 6) is -0.0413. The summed E-state index contributed by atoms with van der Waals surface area (Å²) in [5, 5.41) is 10.8. The first-order valence-corrected chi connectivity index (χ1v) is 11.8. The molecule has 0 fully saturated rings. The fraction of sp³-hybridized carbons (Fsp3) is 0.412. The van der Waals surface area contributed by atoms with Crippen molar-refractivity contribution in [3.8, 4) is 0 Å². The molecule has 25 heavy (non-hydrogen) atoms. The molecule has 0 saturated heterocycles. The maximum atomic E-state index is 12.6. The molecular formula is C17H22ClNO3S3. The maximum Gasteiger partial charge on any atom is 0.250 e. The van der Waals surface area contributed by atoms with Gasteiger partial charge in [0.2, 0.25) is 10.0 Å². The molecule has 0 bridgehead atoms. The molecule has 3 atom stereocenters. The van der Waals surface area contributed by atoms with Gasteiger partial charge in [0.15, 0.2) is 0 Å². The largest absolute Gasteiger partial charge is 0.387 e. The third-order valence-electron chi connectivity index (χ3n) is 4.16. The number of nitrogens with one attached hydrogen (secondary N) is 1. The first-order chi connectivity index (χ1) is 11.8. The van der Waals surface area contributed by atoms with Gasteiger partial charge in [-0.15, -0.1) is 23.1 Å². The number of thiophene rings is 1. The quantitative estimate of drug-likeness (QED) is 0.616. The normalized spacial score (nSPS) is 15.7. The lowest BCUT2D eigenvalue weighted by molar-refractivity contribution is 0.112. The molecule has 2 unspecified atom stereocenters. The van der Waals surface area contributed by atoms with Crippen molar-refractivity contribution in [3.05, 3.63) is 46.3 Å². The predicted molar refractivity (Wildman–Crippen MR) is 106 cm³/mol. The molecule has 0 radical (unpaired) electrons. The van der Waals surface area contributed by atoms with E-state index in [9.17, 15) is 13.5 Å². The molecule has 0 aliphatic heterocycles. The molecule has 0 saturated carbocycles. The standard InChI is InChI=1S/C17H22ClNO3S3/c1-4-11(2)16(17(20)12-5-7-13(23-3)8-6-12)19-25(21,22)15-10-9-14(18)24-15/h5-11,16-17,19-20H,4H2,1-3H3/t11?,16-,17?/m0/s1. The lowest BCUT2D eigenvalue weighted by Gasteiger charge is -2.29. The Hall–Kier alpha value is -0.570. The summed E-state index contributed by atoms with van der Waals surface area (Å²) in [6.45, 7) is 3.89. The van der Waals surface area contributed by atoms with Crippen molar-refractivity contribution < 1.29 is 13.5 Å². The number of hydrogen-bond donors (Lipinski definition) is 2. The van der Waals surface area contributed by atoms with Gasteiger partial charge < -0.3 is 5.11 Å². The Balaban J connectivity index is 2.28. The van der Waals surface area contributed by atoms with Gasteiger partial charge in [-0.3, -0.25) is 0 Å². The first kappa shape index (κ1) is 20.7. The van der Waals surface area contributed by atoms with Gasteiger partial charge >= 0.3 is 0 Å². The highest BCUT2D eigenvalue weighted by Crippen LogP contribution is 2.30. The van der Waals surface area contributed by atoms with E-state index in [2.05, 4.69) is 4.72 Å². The summed E-state index contributed by atoms with van der Waals surface area (Å²) in [6, 6.07) is 9.91. The van der Waals surface area contributed by atoms with Crippen LogP contribution in [0.5, 0.6) is 0 Å². The van der Waals surface area contributed by atoms with Gasteiger partial charge in [-0.2, -0.15) is 0 Å². The molecule has 0 aliphatic carbocycles. The van der Waals surface area contributed by atoms with Gasteiger partial charge in [-0.25, -0.2) is 13.1 Å². The second kappa shape index (κ2) is 8.88. The minimum atomic E-state index is -3.74. The van der Waals surface area contributed by atoms with Gasteiger partial charge in [0, 0.05) is 4.90 Å². The smallest absolute Gasteiger partial charge is 0.250 e. The Kier molecular flexibility index (Phi) is 7.37. The summed E-state index contributed by atoms with van der Waals surface area (Å²) >= 11 is 8.47. The van der Waals surface area contributed by atoms with Gasteiger partial charge in [-0.05, 0) is 42.0 Å². The number of aliphatic hydroxyl groups is 1. The number of rotatable bonds is 8. The summed E-state index contributed by atoms with van der Waals surface area (Å²) in [6.07, 6.45) is 1.78. The minimum Gasteiger partial charge on any atom is -0.387 e. The summed E-state index contributed by atoms with van der Waals surface area (Å²) in [5.41, 5.74) is 0.690. The Morgan fingerprint density at radius 3 is 2.36 bits per heavy atom. The van der Waals surface area contributed by atoms with Gasteiger partial charge in [0.1, 0.15) is 4.21 Å². The fourth-order valence-corrected chi connectivity index (χ4v) is 5.69. The zero-order valence-corrected chi connectivity index (χ0v) is 17.5. The van der Waals surface area contributed by atoms with Crippen molar-refractivity contribution in [3.63, 3.8) is 0 Å². The van der Waals surface area contributed by atoms with Crippen LogP contribution in [0.25, 0.3) is 0 Å². The number of thioether (sulfide) groups is 1. The number of benzene rings is 1. The van der Waals surface area contributed by atoms with E-state index < -0.39 is 22.2 Å². The lowest BCUT2D eigenvalue weighted by Crippen LogP contribution is -2.43. The monoisotopic (exact) mass is 419 g/mol. The van der Waals surface area contributed by atoms with Crippen LogP contribution < -0.4 is 4.72 Å². The molecule has 1 aromatic heterocycles. The highest BCUT2D eigenvalue weighted by atomic mass is 35.5. The first-order valence-electron chi connectivity index (χ1n) is 7.88. The average Bonchev–Trinajstić information content (AvgIpc) is 3.06. The van der Waals surface area contributed by atoms with Crippen molar-refractivity contribution >= 4 is 44.7 Å². The van der Waals surface area contributed by atoms with Crippen LogP contribution in [-0.2, 0) is 10.0 Å². The number of sulfonamides is 1. The van der Waals surface area contributed by atoms with E-state index in [4.69, 9.17) is 11.6 Å². The van der Waals surface area contributed by atoms with E-state index in [-0.39, 0.29) is 10.1 Å². The highest BCUT2D eigenvalue weighted by Gasteiger charge is 2.31. The van der Waals surface area contributed by atoms with E-state index in [1.165, 1.54) is 6.07 Å². The Morgan fingerprint density at radius 2 is 1.88 bits per heavy atom. The van der Waals surface area contributed by atoms with Crippen LogP contribution >= 0.6 is 34.7 Å². The highest BCUT2D eigenvalue weighted by molar-refractivity contribution is 7.98. The lowest BCUT2D eigenvalue weighted by atomic mass is 9.91. The third-order valence-corrected chi connectivity index (χ3v) is 8.09. The van der Waals surface area contributed by atoms with Crippen LogP contribution in [-0.4, -0.2) is 25.8 Å². The zero-order chi connectivity index (χ0) is 18.6. The summed E-state index contributed by atoms with van der Waals surface area (Å²) < 4.78 is 28.5. The molecule has 138 valence electrons. The van der Waals surface area contributed by atoms with Crippen LogP contribution in [0.3, 0.4) is 0 Å². The molecule has 2 rings (SSSR count). The molecule has 2 aromatic rings. The molecule has 0 spiro atoms. The molecule has 4 nitrogen and oxygen atoms in total. The minimum absolute atomic E-state index is 0.0413. The van der Waals surface area contributed by atoms with Crippen LogP contribution in [0.4, 0.5) is 0 Å². The van der Waals surface area contributed by atoms with Crippen molar-refractivity contribution in [2.24, 2.45) is 5.92 Å².